The number of benzene rings is 4. The average Bonchev–Trinajstić information content (AvgIpc) is 2.70. The van der Waals surface area contributed by atoms with Crippen LogP contribution in [-0.2, 0) is 19.7 Å². The van der Waals surface area contributed by atoms with E-state index in [0.29, 0.717) is 21.9 Å². The second-order valence-corrected chi connectivity index (χ2v) is 10.3. The van der Waals surface area contributed by atoms with E-state index in [4.69, 9.17) is 0 Å². The van der Waals surface area contributed by atoms with Gasteiger partial charge in [-0.2, -0.15) is 0 Å². The maximum Gasteiger partial charge on any atom is 0.201 e. The molecule has 28 heavy (non-hydrogen) atoms. The Bertz CT molecular complexity index is 1410. The lowest BCUT2D eigenvalue weighted by Gasteiger charge is -2.19. The first-order valence-corrected chi connectivity index (χ1v) is 11.7. The van der Waals surface area contributed by atoms with E-state index in [1.54, 1.807) is 24.3 Å². The minimum Gasteiger partial charge on any atom is -0.219 e. The lowest BCUT2D eigenvalue weighted by Crippen LogP contribution is -2.08. The van der Waals surface area contributed by atoms with Gasteiger partial charge in [0.1, 0.15) is 0 Å². The number of sulfone groups is 2. The topological polar surface area (TPSA) is 68.3 Å². The molecule has 0 saturated carbocycles. The maximum atomic E-state index is 13.0. The fourth-order valence-corrected chi connectivity index (χ4v) is 6.76. The smallest absolute Gasteiger partial charge is 0.201 e. The van der Waals surface area contributed by atoms with Crippen molar-refractivity contribution < 1.29 is 16.8 Å². The largest absolute Gasteiger partial charge is 0.219 e. The number of hydrogen-bond donors (Lipinski definition) is 0. The van der Waals surface area contributed by atoms with Gasteiger partial charge in [-0.05, 0) is 33.7 Å². The average molecular weight is 406 g/mol. The van der Waals surface area contributed by atoms with Gasteiger partial charge in [0.15, 0.2) is 0 Å². The minimum atomic E-state index is -3.94. The van der Waals surface area contributed by atoms with Crippen molar-refractivity contribution >= 4 is 41.2 Å². The van der Waals surface area contributed by atoms with E-state index in [-0.39, 0.29) is 9.79 Å². The Hall–Kier alpha value is -2.96. The molecule has 6 heteroatoms. The molecule has 0 unspecified atom stereocenters. The molecule has 0 aromatic heterocycles. The summed E-state index contributed by atoms with van der Waals surface area (Å²) in [6, 6.07) is 21.4. The molecule has 4 aromatic rings. The van der Waals surface area contributed by atoms with Crippen LogP contribution < -0.4 is 0 Å². The highest BCUT2D eigenvalue weighted by molar-refractivity contribution is 7.98. The quantitative estimate of drug-likeness (QED) is 0.425. The molecule has 4 nitrogen and oxygen atoms in total. The molecule has 138 valence electrons. The van der Waals surface area contributed by atoms with Gasteiger partial charge >= 0.3 is 0 Å². The third-order valence-electron chi connectivity index (χ3n) is 5.06. The van der Waals surface area contributed by atoms with Crippen molar-refractivity contribution in [2.24, 2.45) is 0 Å². The molecule has 0 atom stereocenters. The standard InChI is InChI=1S/C22H14O4S2/c23-27(24)13-14-28(25,26)20-12-10-16-6-2-4-8-18(16)22(20)21-17-7-3-1-5-15(17)9-11-19(21)27/h1-14H. The fraction of sp³-hybridized carbons (Fsp3) is 0. The SMILES string of the molecule is O=S1(=O)C=CS(=O)(=O)c2ccc3ccccc3c2-c2c1ccc1ccccc21. The monoisotopic (exact) mass is 406 g/mol. The van der Waals surface area contributed by atoms with E-state index in [0.717, 1.165) is 21.6 Å². The fourth-order valence-electron chi connectivity index (χ4n) is 3.79. The van der Waals surface area contributed by atoms with Crippen LogP contribution in [0.25, 0.3) is 32.7 Å². The molecule has 0 spiro atoms. The summed E-state index contributed by atoms with van der Waals surface area (Å²) >= 11 is 0. The summed E-state index contributed by atoms with van der Waals surface area (Å²) in [5.41, 5.74) is 0.857. The highest BCUT2D eigenvalue weighted by Gasteiger charge is 2.29. The molecule has 5 rings (SSSR count). The molecule has 0 aliphatic carbocycles. The molecular weight excluding hydrogens is 392 g/mol. The summed E-state index contributed by atoms with van der Waals surface area (Å²) in [6.45, 7) is 0. The molecule has 1 heterocycles. The van der Waals surface area contributed by atoms with Gasteiger partial charge in [0.25, 0.3) is 0 Å². The van der Waals surface area contributed by atoms with Crippen LogP contribution in [0.2, 0.25) is 0 Å². The Morgan fingerprint density at radius 3 is 1.29 bits per heavy atom. The van der Waals surface area contributed by atoms with Gasteiger partial charge in [-0.1, -0.05) is 60.7 Å². The van der Waals surface area contributed by atoms with E-state index < -0.39 is 19.7 Å². The van der Waals surface area contributed by atoms with Crippen LogP contribution in [0.3, 0.4) is 0 Å². The van der Waals surface area contributed by atoms with Gasteiger partial charge in [0, 0.05) is 21.9 Å². The van der Waals surface area contributed by atoms with Gasteiger partial charge in [0.05, 0.1) is 9.79 Å². The molecule has 0 bridgehead atoms. The van der Waals surface area contributed by atoms with E-state index in [1.807, 2.05) is 48.5 Å². The third kappa shape index (κ3) is 2.42. The highest BCUT2D eigenvalue weighted by atomic mass is 32.2. The van der Waals surface area contributed by atoms with E-state index in [1.165, 1.54) is 0 Å². The Labute approximate surface area is 162 Å². The summed E-state index contributed by atoms with van der Waals surface area (Å²) in [5.74, 6) is 0. The molecule has 1 aliphatic heterocycles. The number of fused-ring (bicyclic) bond motifs is 7. The molecule has 0 fully saturated rings. The minimum absolute atomic E-state index is 0.106. The zero-order chi connectivity index (χ0) is 19.5. The zero-order valence-electron chi connectivity index (χ0n) is 14.5. The second kappa shape index (κ2) is 5.77. The van der Waals surface area contributed by atoms with Crippen LogP contribution in [0.5, 0.6) is 0 Å². The van der Waals surface area contributed by atoms with Crippen molar-refractivity contribution in [3.8, 4) is 11.1 Å². The van der Waals surface area contributed by atoms with Crippen molar-refractivity contribution in [3.05, 3.63) is 83.6 Å². The van der Waals surface area contributed by atoms with Crippen molar-refractivity contribution in [2.75, 3.05) is 0 Å². The predicted octanol–water partition coefficient (Wildman–Crippen LogP) is 4.69. The lowest BCUT2D eigenvalue weighted by molar-refractivity contribution is 0.600. The zero-order valence-corrected chi connectivity index (χ0v) is 16.2. The molecule has 0 N–H and O–H groups in total. The van der Waals surface area contributed by atoms with Gasteiger partial charge in [-0.3, -0.25) is 0 Å². The summed E-state index contributed by atoms with van der Waals surface area (Å²) in [7, 11) is -7.87. The van der Waals surface area contributed by atoms with Crippen molar-refractivity contribution in [3.63, 3.8) is 0 Å². The summed E-state index contributed by atoms with van der Waals surface area (Å²) in [6.07, 6.45) is 0. The molecular formula is C22H14O4S2. The Morgan fingerprint density at radius 1 is 0.464 bits per heavy atom. The molecule has 0 radical (unpaired) electrons. The molecule has 0 amide bonds. The van der Waals surface area contributed by atoms with Gasteiger partial charge in [0.2, 0.25) is 19.7 Å². The molecule has 0 saturated heterocycles. The van der Waals surface area contributed by atoms with Crippen molar-refractivity contribution in [1.82, 2.24) is 0 Å². The summed E-state index contributed by atoms with van der Waals surface area (Å²) in [5, 5.41) is 4.66. The first-order chi connectivity index (χ1) is 13.4. The Balaban J connectivity index is 2.15. The van der Waals surface area contributed by atoms with Crippen molar-refractivity contribution in [1.29, 1.82) is 0 Å². The summed E-state index contributed by atoms with van der Waals surface area (Å²) in [4.78, 5) is 0.213. The van der Waals surface area contributed by atoms with E-state index in [9.17, 15) is 16.8 Å². The number of rotatable bonds is 0. The summed E-state index contributed by atoms with van der Waals surface area (Å²) < 4.78 is 51.9. The number of hydrogen-bond acceptors (Lipinski definition) is 4. The molecule has 1 aliphatic rings. The lowest BCUT2D eigenvalue weighted by atomic mass is 9.94. The first-order valence-electron chi connectivity index (χ1n) is 8.61. The van der Waals surface area contributed by atoms with Crippen LogP contribution in [0.4, 0.5) is 0 Å². The third-order valence-corrected chi connectivity index (χ3v) is 8.13. The first kappa shape index (κ1) is 17.2. The van der Waals surface area contributed by atoms with E-state index >= 15 is 0 Å². The molecule has 4 aromatic carbocycles. The van der Waals surface area contributed by atoms with Crippen LogP contribution in [0, 0.1) is 0 Å². The van der Waals surface area contributed by atoms with Crippen LogP contribution in [0.1, 0.15) is 0 Å². The van der Waals surface area contributed by atoms with Crippen LogP contribution >= 0.6 is 0 Å². The van der Waals surface area contributed by atoms with Crippen LogP contribution in [0.15, 0.2) is 93.4 Å². The normalized spacial score (nSPS) is 16.9. The second-order valence-electron chi connectivity index (χ2n) is 6.68. The van der Waals surface area contributed by atoms with Gasteiger partial charge < -0.3 is 0 Å². The Morgan fingerprint density at radius 2 is 0.857 bits per heavy atom. The maximum absolute atomic E-state index is 13.0. The highest BCUT2D eigenvalue weighted by Crippen LogP contribution is 2.44. The van der Waals surface area contributed by atoms with E-state index in [2.05, 4.69) is 0 Å². The van der Waals surface area contributed by atoms with Gasteiger partial charge in [-0.15, -0.1) is 0 Å². The Kier molecular flexibility index (Phi) is 3.53. The van der Waals surface area contributed by atoms with Crippen molar-refractivity contribution in [2.45, 2.75) is 9.79 Å². The predicted molar refractivity (Wildman–Crippen MR) is 110 cm³/mol. The van der Waals surface area contributed by atoms with Crippen LogP contribution in [-0.4, -0.2) is 16.8 Å². The van der Waals surface area contributed by atoms with Gasteiger partial charge in [-0.25, -0.2) is 16.8 Å².